The van der Waals surface area contributed by atoms with Gasteiger partial charge in [-0.3, -0.25) is 4.79 Å². The van der Waals surface area contributed by atoms with Crippen LogP contribution in [0.2, 0.25) is 5.02 Å². The van der Waals surface area contributed by atoms with Crippen LogP contribution in [-0.4, -0.2) is 59.5 Å². The molecule has 2 atom stereocenters. The van der Waals surface area contributed by atoms with E-state index in [2.05, 4.69) is 36.0 Å². The Hall–Kier alpha value is -2.18. The maximum Gasteiger partial charge on any atom is 0.231 e. The van der Waals surface area contributed by atoms with Crippen molar-refractivity contribution in [3.63, 3.8) is 0 Å². The molecule has 7 heteroatoms. The van der Waals surface area contributed by atoms with Crippen LogP contribution >= 0.6 is 11.6 Å². The molecule has 0 unspecified atom stereocenters. The van der Waals surface area contributed by atoms with Gasteiger partial charge in [-0.05, 0) is 42.9 Å². The van der Waals surface area contributed by atoms with Gasteiger partial charge in [-0.1, -0.05) is 50.9 Å². The zero-order valence-corrected chi connectivity index (χ0v) is 20.8. The van der Waals surface area contributed by atoms with E-state index in [9.17, 15) is 4.79 Å². The van der Waals surface area contributed by atoms with Crippen LogP contribution in [0.3, 0.4) is 0 Å². The summed E-state index contributed by atoms with van der Waals surface area (Å²) in [6.07, 6.45) is 6.40. The first-order chi connectivity index (χ1) is 15.9. The molecule has 1 N–H and O–H groups in total. The molecular formula is C26H36ClN5O. The summed E-state index contributed by atoms with van der Waals surface area (Å²) in [5, 5.41) is 4.14. The van der Waals surface area contributed by atoms with Crippen molar-refractivity contribution in [2.75, 3.05) is 37.6 Å². The fourth-order valence-electron chi connectivity index (χ4n) is 5.02. The van der Waals surface area contributed by atoms with Gasteiger partial charge in [-0.15, -0.1) is 0 Å². The van der Waals surface area contributed by atoms with Crippen LogP contribution < -0.4 is 10.2 Å². The summed E-state index contributed by atoms with van der Waals surface area (Å²) in [5.41, 5.74) is 3.55. The van der Waals surface area contributed by atoms with E-state index in [4.69, 9.17) is 16.6 Å². The van der Waals surface area contributed by atoms with Crippen LogP contribution in [-0.2, 0) is 11.2 Å². The molecule has 1 saturated heterocycles. The summed E-state index contributed by atoms with van der Waals surface area (Å²) >= 11 is 6.09. The Bertz CT molecular complexity index is 940. The number of hydrogen-bond donors (Lipinski definition) is 1. The standard InChI is InChI=1S/C26H36ClN5O/c1-18(2)28-16-22(20-8-10-21(27)11-9-20)26(33)32-14-12-31(13-15-32)25-24-19(3)6-4-5-7-23(24)29-17-30-25/h8-11,17-19,22,28H,4-7,12-16H2,1-3H3/t19-,22-/m1/s1. The Labute approximate surface area is 202 Å². The number of nitrogens with one attached hydrogen (secondary N) is 1. The Kier molecular flexibility index (Phi) is 7.86. The maximum atomic E-state index is 13.6. The van der Waals surface area contributed by atoms with Gasteiger partial charge in [0.2, 0.25) is 5.91 Å². The fraction of sp³-hybridized carbons (Fsp3) is 0.577. The topological polar surface area (TPSA) is 61.4 Å². The smallest absolute Gasteiger partial charge is 0.231 e. The van der Waals surface area contributed by atoms with E-state index in [1.807, 2.05) is 29.2 Å². The normalized spacial score (nSPS) is 19.8. The van der Waals surface area contributed by atoms with E-state index in [-0.39, 0.29) is 11.8 Å². The first-order valence-electron chi connectivity index (χ1n) is 12.3. The number of carbonyl (C=O) groups is 1. The quantitative estimate of drug-likeness (QED) is 0.636. The Balaban J connectivity index is 1.47. The SMILES string of the molecule is CC(C)NC[C@@H](C(=O)N1CCN(c2ncnc3c2[C@H](C)CCCC3)CC1)c1ccc(Cl)cc1. The predicted molar refractivity (Wildman–Crippen MR) is 134 cm³/mol. The van der Waals surface area contributed by atoms with E-state index in [0.29, 0.717) is 36.6 Å². The highest BCUT2D eigenvalue weighted by Gasteiger charge is 2.31. The molecule has 2 heterocycles. The number of aromatic nitrogens is 2. The summed E-state index contributed by atoms with van der Waals surface area (Å²) < 4.78 is 0. The third-order valence-electron chi connectivity index (χ3n) is 6.93. The second-order valence-corrected chi connectivity index (χ2v) is 10.1. The Morgan fingerprint density at radius 2 is 1.85 bits per heavy atom. The van der Waals surface area contributed by atoms with Crippen molar-refractivity contribution in [2.24, 2.45) is 0 Å². The minimum absolute atomic E-state index is 0.181. The first-order valence-corrected chi connectivity index (χ1v) is 12.7. The number of aryl methyl sites for hydroxylation is 1. The number of benzene rings is 1. The van der Waals surface area contributed by atoms with Crippen LogP contribution in [0.15, 0.2) is 30.6 Å². The molecule has 2 aromatic rings. The minimum atomic E-state index is -0.216. The second-order valence-electron chi connectivity index (χ2n) is 9.68. The number of carbonyl (C=O) groups excluding carboxylic acids is 1. The van der Waals surface area contributed by atoms with Gasteiger partial charge < -0.3 is 15.1 Å². The largest absolute Gasteiger partial charge is 0.353 e. The first kappa shape index (κ1) is 24.0. The van der Waals surface area contributed by atoms with Gasteiger partial charge in [-0.25, -0.2) is 9.97 Å². The van der Waals surface area contributed by atoms with E-state index in [0.717, 1.165) is 30.9 Å². The average Bonchev–Trinajstić information content (AvgIpc) is 3.01. The molecule has 1 aliphatic carbocycles. The third kappa shape index (κ3) is 5.67. The molecule has 1 aromatic carbocycles. The molecule has 178 valence electrons. The van der Waals surface area contributed by atoms with Gasteiger partial charge in [0.1, 0.15) is 12.1 Å². The number of fused-ring (bicyclic) bond motifs is 1. The molecule has 0 spiro atoms. The van der Waals surface area contributed by atoms with Gasteiger partial charge in [-0.2, -0.15) is 0 Å². The zero-order chi connectivity index (χ0) is 23.4. The van der Waals surface area contributed by atoms with Crippen molar-refractivity contribution in [2.45, 2.75) is 64.3 Å². The van der Waals surface area contributed by atoms with Gasteiger partial charge in [0.25, 0.3) is 0 Å². The van der Waals surface area contributed by atoms with Crippen LogP contribution in [0.1, 0.15) is 68.7 Å². The van der Waals surface area contributed by atoms with Crippen molar-refractivity contribution < 1.29 is 4.79 Å². The van der Waals surface area contributed by atoms with Gasteiger partial charge >= 0.3 is 0 Å². The van der Waals surface area contributed by atoms with Crippen molar-refractivity contribution in [1.29, 1.82) is 0 Å². The molecule has 0 bridgehead atoms. The van der Waals surface area contributed by atoms with E-state index >= 15 is 0 Å². The van der Waals surface area contributed by atoms with E-state index in [1.165, 1.54) is 30.5 Å². The number of rotatable bonds is 6. The molecule has 33 heavy (non-hydrogen) atoms. The summed E-state index contributed by atoms with van der Waals surface area (Å²) in [7, 11) is 0. The molecule has 2 aliphatic rings. The lowest BCUT2D eigenvalue weighted by Crippen LogP contribution is -2.51. The predicted octanol–water partition coefficient (Wildman–Crippen LogP) is 4.39. The van der Waals surface area contributed by atoms with Crippen molar-refractivity contribution in [3.8, 4) is 0 Å². The van der Waals surface area contributed by atoms with Gasteiger partial charge in [0, 0.05) is 55.0 Å². The molecular weight excluding hydrogens is 434 g/mol. The molecule has 0 saturated carbocycles. The van der Waals surface area contributed by atoms with Crippen LogP contribution in [0.5, 0.6) is 0 Å². The number of anilines is 1. The molecule has 1 fully saturated rings. The summed E-state index contributed by atoms with van der Waals surface area (Å²) in [6.45, 7) is 10.1. The third-order valence-corrected chi connectivity index (χ3v) is 7.18. The van der Waals surface area contributed by atoms with Crippen molar-refractivity contribution >= 4 is 23.3 Å². The number of hydrogen-bond acceptors (Lipinski definition) is 5. The average molecular weight is 470 g/mol. The number of nitrogens with zero attached hydrogens (tertiary/aromatic N) is 4. The summed E-state index contributed by atoms with van der Waals surface area (Å²) in [4.78, 5) is 27.3. The van der Waals surface area contributed by atoms with Gasteiger partial charge in [0.15, 0.2) is 0 Å². The van der Waals surface area contributed by atoms with Gasteiger partial charge in [0.05, 0.1) is 5.92 Å². The van der Waals surface area contributed by atoms with E-state index in [1.54, 1.807) is 6.33 Å². The highest BCUT2D eigenvalue weighted by atomic mass is 35.5. The van der Waals surface area contributed by atoms with Crippen LogP contribution in [0.4, 0.5) is 5.82 Å². The fourth-order valence-corrected chi connectivity index (χ4v) is 5.15. The van der Waals surface area contributed by atoms with Crippen molar-refractivity contribution in [1.82, 2.24) is 20.2 Å². The van der Waals surface area contributed by atoms with Crippen LogP contribution in [0.25, 0.3) is 0 Å². The zero-order valence-electron chi connectivity index (χ0n) is 20.1. The second kappa shape index (κ2) is 10.8. The summed E-state index contributed by atoms with van der Waals surface area (Å²) in [6, 6.07) is 8.00. The monoisotopic (exact) mass is 469 g/mol. The highest BCUT2D eigenvalue weighted by molar-refractivity contribution is 6.30. The lowest BCUT2D eigenvalue weighted by Gasteiger charge is -2.38. The highest BCUT2D eigenvalue weighted by Crippen LogP contribution is 2.35. The van der Waals surface area contributed by atoms with Crippen LogP contribution in [0, 0.1) is 0 Å². The minimum Gasteiger partial charge on any atom is -0.353 e. The molecule has 1 aromatic heterocycles. The Morgan fingerprint density at radius 3 is 2.55 bits per heavy atom. The molecule has 0 radical (unpaired) electrons. The number of amides is 1. The Morgan fingerprint density at radius 1 is 1.12 bits per heavy atom. The molecule has 1 aliphatic heterocycles. The number of piperazine rings is 1. The summed E-state index contributed by atoms with van der Waals surface area (Å²) in [5.74, 6) is 1.53. The molecule has 6 nitrogen and oxygen atoms in total. The number of halogens is 1. The molecule has 1 amide bonds. The van der Waals surface area contributed by atoms with Crippen molar-refractivity contribution in [3.05, 3.63) is 52.4 Å². The lowest BCUT2D eigenvalue weighted by molar-refractivity contribution is -0.133. The maximum absolute atomic E-state index is 13.6. The van der Waals surface area contributed by atoms with E-state index < -0.39 is 0 Å². The lowest BCUT2D eigenvalue weighted by atomic mass is 9.96. The molecule has 4 rings (SSSR count).